The van der Waals surface area contributed by atoms with E-state index in [1.165, 1.54) is 24.8 Å². The molecular formula is C27H40N6O. The van der Waals surface area contributed by atoms with Crippen molar-refractivity contribution in [3.63, 3.8) is 0 Å². The van der Waals surface area contributed by atoms with Crippen LogP contribution in [0.3, 0.4) is 0 Å². The second-order valence-electron chi connectivity index (χ2n) is 10.7. The summed E-state index contributed by atoms with van der Waals surface area (Å²) in [4.78, 5) is 18.9. The molecule has 1 fully saturated rings. The van der Waals surface area contributed by atoms with Crippen LogP contribution in [0.15, 0.2) is 23.0 Å². The van der Waals surface area contributed by atoms with Gasteiger partial charge >= 0.3 is 0 Å². The van der Waals surface area contributed by atoms with E-state index >= 15 is 0 Å². The number of aryl methyl sites for hydroxylation is 2. The number of hydrogen-bond donors (Lipinski definition) is 1. The van der Waals surface area contributed by atoms with E-state index in [1.807, 2.05) is 4.68 Å². The number of benzene rings is 1. The van der Waals surface area contributed by atoms with Gasteiger partial charge in [0, 0.05) is 18.2 Å². The van der Waals surface area contributed by atoms with Crippen molar-refractivity contribution in [2.24, 2.45) is 0 Å². The van der Waals surface area contributed by atoms with Crippen LogP contribution < -0.4 is 5.56 Å². The molecule has 0 aliphatic heterocycles. The van der Waals surface area contributed by atoms with Crippen LogP contribution in [0.2, 0.25) is 0 Å². The lowest BCUT2D eigenvalue weighted by atomic mass is 9.91. The molecule has 1 saturated carbocycles. The number of H-pyrrole nitrogens is 1. The topological polar surface area (TPSA) is 79.7 Å². The third-order valence-electron chi connectivity index (χ3n) is 7.78. The standard InChI is InChI=1S/C27H40N6O/c1-7-23(25-29-30-31-33(25)27(5,6)8-2)32(22-12-10-9-11-13-22)17-21-16-20-15-18(3)14-19(4)24(20)28-26(21)34/h14-16,22-23H,7-13,17H2,1-6H3,(H,28,34). The number of tetrazole rings is 1. The summed E-state index contributed by atoms with van der Waals surface area (Å²) in [6.07, 6.45) is 7.88. The number of rotatable bonds is 8. The number of aromatic nitrogens is 5. The molecule has 1 aliphatic carbocycles. The fraction of sp³-hybridized carbons (Fsp3) is 0.630. The van der Waals surface area contributed by atoms with E-state index < -0.39 is 0 Å². The van der Waals surface area contributed by atoms with Gasteiger partial charge < -0.3 is 4.98 Å². The van der Waals surface area contributed by atoms with E-state index in [0.717, 1.165) is 53.5 Å². The average Bonchev–Trinajstić information content (AvgIpc) is 3.31. The van der Waals surface area contributed by atoms with Crippen molar-refractivity contribution in [1.29, 1.82) is 0 Å². The Kier molecular flexibility index (Phi) is 7.22. The van der Waals surface area contributed by atoms with Gasteiger partial charge in [-0.2, -0.15) is 0 Å². The quantitative estimate of drug-likeness (QED) is 0.472. The van der Waals surface area contributed by atoms with Crippen LogP contribution in [0.25, 0.3) is 10.9 Å². The van der Waals surface area contributed by atoms with Gasteiger partial charge in [0.05, 0.1) is 17.1 Å². The van der Waals surface area contributed by atoms with Gasteiger partial charge in [0.1, 0.15) is 0 Å². The van der Waals surface area contributed by atoms with Gasteiger partial charge in [-0.25, -0.2) is 4.68 Å². The number of nitrogens with zero attached hydrogens (tertiary/aromatic N) is 5. The Bertz CT molecular complexity index is 1190. The van der Waals surface area contributed by atoms with E-state index in [4.69, 9.17) is 0 Å². The van der Waals surface area contributed by atoms with E-state index in [2.05, 4.69) is 85.2 Å². The van der Waals surface area contributed by atoms with Crippen molar-refractivity contribution in [2.45, 2.75) is 111 Å². The van der Waals surface area contributed by atoms with E-state index in [1.54, 1.807) is 0 Å². The molecule has 7 nitrogen and oxygen atoms in total. The average molecular weight is 465 g/mol. The summed E-state index contributed by atoms with van der Waals surface area (Å²) >= 11 is 0. The van der Waals surface area contributed by atoms with Gasteiger partial charge in [-0.1, -0.05) is 44.7 Å². The molecule has 2 heterocycles. The van der Waals surface area contributed by atoms with Crippen LogP contribution in [0.1, 0.15) is 101 Å². The van der Waals surface area contributed by atoms with Crippen LogP contribution in [0.4, 0.5) is 0 Å². The summed E-state index contributed by atoms with van der Waals surface area (Å²) in [6.45, 7) is 13.5. The van der Waals surface area contributed by atoms with Crippen molar-refractivity contribution in [3.8, 4) is 0 Å². The monoisotopic (exact) mass is 464 g/mol. The number of hydrogen-bond acceptors (Lipinski definition) is 5. The Labute approximate surface area is 202 Å². The van der Waals surface area contributed by atoms with E-state index in [9.17, 15) is 4.79 Å². The predicted octanol–water partition coefficient (Wildman–Crippen LogP) is 5.56. The lowest BCUT2D eigenvalue weighted by Crippen LogP contribution is -2.42. The zero-order valence-electron chi connectivity index (χ0n) is 21.7. The molecule has 0 bridgehead atoms. The molecule has 184 valence electrons. The largest absolute Gasteiger partial charge is 0.321 e. The summed E-state index contributed by atoms with van der Waals surface area (Å²) < 4.78 is 2.01. The van der Waals surface area contributed by atoms with Crippen LogP contribution in [-0.2, 0) is 12.1 Å². The van der Waals surface area contributed by atoms with Crippen molar-refractivity contribution in [2.75, 3.05) is 0 Å². The maximum Gasteiger partial charge on any atom is 0.252 e. The fourth-order valence-electron chi connectivity index (χ4n) is 5.50. The van der Waals surface area contributed by atoms with Crippen molar-refractivity contribution in [3.05, 3.63) is 51.1 Å². The first-order valence-corrected chi connectivity index (χ1v) is 12.9. The minimum atomic E-state index is -0.167. The van der Waals surface area contributed by atoms with Crippen molar-refractivity contribution >= 4 is 10.9 Å². The second kappa shape index (κ2) is 9.98. The van der Waals surface area contributed by atoms with Gasteiger partial charge in [-0.05, 0) is 86.9 Å². The van der Waals surface area contributed by atoms with Crippen LogP contribution in [-0.4, -0.2) is 36.1 Å². The SMILES string of the molecule is CCC(c1nnnn1C(C)(C)CC)N(Cc1cc2cc(C)cc(C)c2[nH]c1=O)C1CCCCC1. The third-order valence-corrected chi connectivity index (χ3v) is 7.78. The number of pyridine rings is 1. The van der Waals surface area contributed by atoms with Crippen molar-refractivity contribution in [1.82, 2.24) is 30.1 Å². The number of fused-ring (bicyclic) bond motifs is 1. The maximum atomic E-state index is 13.2. The molecular weight excluding hydrogens is 424 g/mol. The minimum Gasteiger partial charge on any atom is -0.321 e. The Morgan fingerprint density at radius 1 is 1.15 bits per heavy atom. The lowest BCUT2D eigenvalue weighted by Gasteiger charge is -2.40. The molecule has 1 atom stereocenters. The molecule has 2 aromatic heterocycles. The molecule has 1 N–H and O–H groups in total. The van der Waals surface area contributed by atoms with Crippen LogP contribution >= 0.6 is 0 Å². The molecule has 1 aromatic carbocycles. The van der Waals surface area contributed by atoms with Gasteiger partial charge in [0.15, 0.2) is 5.82 Å². The van der Waals surface area contributed by atoms with Crippen LogP contribution in [0.5, 0.6) is 0 Å². The van der Waals surface area contributed by atoms with Gasteiger partial charge in [0.2, 0.25) is 0 Å². The van der Waals surface area contributed by atoms with E-state index in [-0.39, 0.29) is 17.1 Å². The van der Waals surface area contributed by atoms with Gasteiger partial charge in [-0.15, -0.1) is 5.10 Å². The summed E-state index contributed by atoms with van der Waals surface area (Å²) in [5.41, 5.74) is 3.90. The number of nitrogens with one attached hydrogen (secondary N) is 1. The first-order chi connectivity index (χ1) is 16.2. The Morgan fingerprint density at radius 2 is 1.88 bits per heavy atom. The zero-order chi connectivity index (χ0) is 24.5. The highest BCUT2D eigenvalue weighted by atomic mass is 16.1. The molecule has 1 aliphatic rings. The molecule has 0 saturated heterocycles. The first kappa shape index (κ1) is 24.6. The summed E-state index contributed by atoms with van der Waals surface area (Å²) in [7, 11) is 0. The highest BCUT2D eigenvalue weighted by Gasteiger charge is 2.34. The highest BCUT2D eigenvalue weighted by Crippen LogP contribution is 2.34. The fourth-order valence-corrected chi connectivity index (χ4v) is 5.50. The summed E-state index contributed by atoms with van der Waals surface area (Å²) in [5, 5.41) is 14.1. The molecule has 1 unspecified atom stereocenters. The van der Waals surface area contributed by atoms with Gasteiger partial charge in [-0.3, -0.25) is 9.69 Å². The first-order valence-electron chi connectivity index (χ1n) is 12.9. The maximum absolute atomic E-state index is 13.2. The Balaban J connectivity index is 1.78. The van der Waals surface area contributed by atoms with Crippen LogP contribution in [0, 0.1) is 13.8 Å². The normalized spacial score (nSPS) is 16.4. The third kappa shape index (κ3) is 4.81. The molecule has 4 rings (SSSR count). The summed E-state index contributed by atoms with van der Waals surface area (Å²) in [6, 6.07) is 6.85. The molecule has 0 spiro atoms. The highest BCUT2D eigenvalue weighted by molar-refractivity contribution is 5.82. The smallest absolute Gasteiger partial charge is 0.252 e. The zero-order valence-corrected chi connectivity index (χ0v) is 21.7. The Hall–Kier alpha value is -2.54. The summed E-state index contributed by atoms with van der Waals surface area (Å²) in [5.74, 6) is 0.906. The minimum absolute atomic E-state index is 0.00333. The molecule has 3 aromatic rings. The molecule has 34 heavy (non-hydrogen) atoms. The van der Waals surface area contributed by atoms with Crippen molar-refractivity contribution < 1.29 is 0 Å². The lowest BCUT2D eigenvalue weighted by molar-refractivity contribution is 0.0801. The second-order valence-corrected chi connectivity index (χ2v) is 10.7. The van der Waals surface area contributed by atoms with E-state index in [0.29, 0.717) is 12.6 Å². The molecule has 0 amide bonds. The predicted molar refractivity (Wildman–Crippen MR) is 137 cm³/mol. The molecule has 7 heteroatoms. The van der Waals surface area contributed by atoms with Gasteiger partial charge in [0.25, 0.3) is 5.56 Å². The Morgan fingerprint density at radius 3 is 2.56 bits per heavy atom. The number of aromatic amines is 1. The molecule has 0 radical (unpaired) electrons.